The zero-order valence-electron chi connectivity index (χ0n) is 5.91. The van der Waals surface area contributed by atoms with E-state index >= 15 is 0 Å². The van der Waals surface area contributed by atoms with E-state index in [4.69, 9.17) is 5.73 Å². The molecule has 8 heavy (non-hydrogen) atoms. The van der Waals surface area contributed by atoms with E-state index in [2.05, 4.69) is 0 Å². The van der Waals surface area contributed by atoms with Crippen LogP contribution in [-0.4, -0.2) is 5.91 Å². The van der Waals surface area contributed by atoms with Gasteiger partial charge in [0, 0.05) is 5.41 Å². The van der Waals surface area contributed by atoms with Crippen LogP contribution in [0.3, 0.4) is 0 Å². The number of carbonyl (C=O) groups is 1. The van der Waals surface area contributed by atoms with Gasteiger partial charge in [0.05, 0.1) is 5.91 Å². The van der Waals surface area contributed by atoms with Crippen molar-refractivity contribution in [1.29, 1.82) is 0 Å². The van der Waals surface area contributed by atoms with E-state index in [-0.39, 0.29) is 29.6 Å². The van der Waals surface area contributed by atoms with E-state index in [1.165, 1.54) is 0 Å². The summed E-state index contributed by atoms with van der Waals surface area (Å²) >= 11 is 0. The zero-order valence-corrected chi connectivity index (χ0v) is 7.91. The summed E-state index contributed by atoms with van der Waals surface area (Å²) in [4.78, 5) is 10.1. The fraction of sp³-hybridized carbons (Fsp3) is 0.800. The Morgan fingerprint density at radius 2 is 1.50 bits per heavy atom. The molecule has 0 aromatic rings. The first-order valence-electron chi connectivity index (χ1n) is 2.20. The van der Waals surface area contributed by atoms with E-state index in [9.17, 15) is 4.79 Å². The van der Waals surface area contributed by atoms with Gasteiger partial charge >= 0.3 is 29.6 Å². The van der Waals surface area contributed by atoms with Gasteiger partial charge in [0.2, 0.25) is 0 Å². The van der Waals surface area contributed by atoms with Gasteiger partial charge in [0.25, 0.3) is 0 Å². The molecule has 1 N–H and O–H groups in total. The number of rotatable bonds is 0. The number of carbonyl (C=O) groups excluding carboxylic acids is 1. The smallest absolute Gasteiger partial charge is 0.667 e. The molecular formula is C5H10NNaO. The summed E-state index contributed by atoms with van der Waals surface area (Å²) in [7, 11) is 0. The molecule has 0 fully saturated rings. The molecule has 0 rings (SSSR count). The summed E-state index contributed by atoms with van der Waals surface area (Å²) < 4.78 is 0. The molecule has 0 unspecified atom stereocenters. The average molecular weight is 123 g/mol. The molecule has 0 spiro atoms. The summed E-state index contributed by atoms with van der Waals surface area (Å²) in [5.41, 5.74) is 6.12. The van der Waals surface area contributed by atoms with Crippen molar-refractivity contribution in [2.75, 3.05) is 0 Å². The van der Waals surface area contributed by atoms with Gasteiger partial charge in [-0.2, -0.15) is 0 Å². The molecule has 0 saturated heterocycles. The van der Waals surface area contributed by atoms with Crippen LogP contribution in [0.25, 0.3) is 5.73 Å². The van der Waals surface area contributed by atoms with Gasteiger partial charge in [-0.1, -0.05) is 20.8 Å². The van der Waals surface area contributed by atoms with Crippen LogP contribution in [-0.2, 0) is 4.79 Å². The van der Waals surface area contributed by atoms with Crippen molar-refractivity contribution >= 4 is 5.91 Å². The second-order valence-corrected chi connectivity index (χ2v) is 2.58. The first kappa shape index (κ1) is 11.3. The SMILES string of the molecule is CC(C)(C)C([NH-])=O.[Na+]. The van der Waals surface area contributed by atoms with Crippen molar-refractivity contribution in [2.45, 2.75) is 20.8 Å². The standard InChI is InChI=1S/C5H11NO.Na/c1-5(2,3)4(6)7;/h1-3H3,(H2,6,7);/q;+1/p-1. The van der Waals surface area contributed by atoms with Crippen LogP contribution in [0.1, 0.15) is 20.8 Å². The van der Waals surface area contributed by atoms with Crippen LogP contribution < -0.4 is 29.6 Å². The van der Waals surface area contributed by atoms with E-state index in [1.807, 2.05) is 0 Å². The molecule has 0 aliphatic carbocycles. The fourth-order valence-electron chi connectivity index (χ4n) is 0. The third-order valence-corrected chi connectivity index (χ3v) is 0.681. The minimum Gasteiger partial charge on any atom is -0.667 e. The van der Waals surface area contributed by atoms with E-state index < -0.39 is 11.3 Å². The molecule has 2 nitrogen and oxygen atoms in total. The molecule has 0 atom stereocenters. The second-order valence-electron chi connectivity index (χ2n) is 2.58. The second kappa shape index (κ2) is 3.49. The van der Waals surface area contributed by atoms with Crippen LogP contribution in [0, 0.1) is 5.41 Å². The molecule has 0 bridgehead atoms. The first-order chi connectivity index (χ1) is 2.94. The van der Waals surface area contributed by atoms with Crippen molar-refractivity contribution in [2.24, 2.45) is 5.41 Å². The predicted octanol–water partition coefficient (Wildman–Crippen LogP) is -1.38. The Hall–Kier alpha value is 0.470. The van der Waals surface area contributed by atoms with Gasteiger partial charge in [-0.15, -0.1) is 0 Å². The minimum atomic E-state index is -0.507. The minimum absolute atomic E-state index is 0. The fourth-order valence-corrected chi connectivity index (χ4v) is 0. The summed E-state index contributed by atoms with van der Waals surface area (Å²) in [5, 5.41) is 0. The molecule has 0 aliphatic heterocycles. The molecule has 0 radical (unpaired) electrons. The van der Waals surface area contributed by atoms with Gasteiger partial charge in [-0.25, -0.2) is 0 Å². The Labute approximate surface area is 72.1 Å². The van der Waals surface area contributed by atoms with Gasteiger partial charge in [0.1, 0.15) is 0 Å². The molecule has 0 aliphatic rings. The quantitative estimate of drug-likeness (QED) is 0.366. The van der Waals surface area contributed by atoms with E-state index in [0.717, 1.165) is 0 Å². The summed E-state index contributed by atoms with van der Waals surface area (Å²) in [6.45, 7) is 5.17. The molecule has 1 amide bonds. The van der Waals surface area contributed by atoms with Crippen LogP contribution in [0.5, 0.6) is 0 Å². The van der Waals surface area contributed by atoms with E-state index in [0.29, 0.717) is 0 Å². The maximum Gasteiger partial charge on any atom is 1.00 e. The Balaban J connectivity index is 0. The van der Waals surface area contributed by atoms with Gasteiger partial charge in [-0.05, 0) is 0 Å². The summed E-state index contributed by atoms with van der Waals surface area (Å²) in [6, 6.07) is 0. The Bertz CT molecular complexity index is 84.9. The Morgan fingerprint density at radius 1 is 1.38 bits per heavy atom. The Morgan fingerprint density at radius 3 is 1.50 bits per heavy atom. The zero-order chi connectivity index (χ0) is 6.08. The van der Waals surface area contributed by atoms with Crippen LogP contribution in [0.15, 0.2) is 0 Å². The van der Waals surface area contributed by atoms with Crippen LogP contribution in [0.4, 0.5) is 0 Å². The molecule has 0 aromatic carbocycles. The average Bonchev–Trinajstić information content (AvgIpc) is 1.31. The van der Waals surface area contributed by atoms with Crippen molar-refractivity contribution < 1.29 is 34.4 Å². The molecule has 0 heterocycles. The van der Waals surface area contributed by atoms with Crippen molar-refractivity contribution in [3.8, 4) is 0 Å². The third-order valence-electron chi connectivity index (χ3n) is 0.681. The molecule has 3 heteroatoms. The number of hydrogen-bond donors (Lipinski definition) is 0. The molecular weight excluding hydrogens is 113 g/mol. The van der Waals surface area contributed by atoms with Gasteiger partial charge < -0.3 is 10.5 Å². The van der Waals surface area contributed by atoms with Crippen molar-refractivity contribution in [3.05, 3.63) is 5.73 Å². The van der Waals surface area contributed by atoms with Crippen molar-refractivity contribution in [1.82, 2.24) is 0 Å². The Kier molecular flexibility index (Phi) is 4.92. The number of nitrogens with one attached hydrogen (secondary N) is 1. The number of amides is 1. The predicted molar refractivity (Wildman–Crippen MR) is 28.8 cm³/mol. The largest absolute Gasteiger partial charge is 1.00 e. The van der Waals surface area contributed by atoms with Crippen molar-refractivity contribution in [3.63, 3.8) is 0 Å². The maximum absolute atomic E-state index is 10.1. The monoisotopic (exact) mass is 123 g/mol. The molecule has 42 valence electrons. The van der Waals surface area contributed by atoms with E-state index in [1.54, 1.807) is 20.8 Å². The van der Waals surface area contributed by atoms with Crippen LogP contribution in [0.2, 0.25) is 0 Å². The maximum atomic E-state index is 10.1. The third kappa shape index (κ3) is 4.62. The van der Waals surface area contributed by atoms with Gasteiger partial charge in [0.15, 0.2) is 0 Å². The topological polar surface area (TPSA) is 40.9 Å². The molecule has 0 aromatic heterocycles. The normalized spacial score (nSPS) is 9.88. The molecule has 0 saturated carbocycles. The first-order valence-corrected chi connectivity index (χ1v) is 2.20. The van der Waals surface area contributed by atoms with Crippen LogP contribution >= 0.6 is 0 Å². The summed E-state index contributed by atoms with van der Waals surface area (Å²) in [6.07, 6.45) is 0. The summed E-state index contributed by atoms with van der Waals surface area (Å²) in [5.74, 6) is -0.507. The number of hydrogen-bond acceptors (Lipinski definition) is 1. The van der Waals surface area contributed by atoms with Gasteiger partial charge in [-0.3, -0.25) is 0 Å².